The van der Waals surface area contributed by atoms with Crippen molar-refractivity contribution < 1.29 is 0 Å². The van der Waals surface area contributed by atoms with Gasteiger partial charge in [0.2, 0.25) is 0 Å². The van der Waals surface area contributed by atoms with Crippen LogP contribution in [0.4, 0.5) is 0 Å². The van der Waals surface area contributed by atoms with E-state index >= 15 is 0 Å². The van der Waals surface area contributed by atoms with Crippen LogP contribution >= 0.6 is 11.8 Å². The van der Waals surface area contributed by atoms with Gasteiger partial charge < -0.3 is 0 Å². The number of benzene rings is 3. The molecular weight excluding hydrogens is 332 g/mol. The second-order valence-electron chi connectivity index (χ2n) is 6.45. The molecule has 26 heavy (non-hydrogen) atoms. The van der Waals surface area contributed by atoms with Crippen molar-refractivity contribution in [1.29, 1.82) is 0 Å². The third-order valence-corrected chi connectivity index (χ3v) is 5.30. The number of hydrogen-bond donors (Lipinski definition) is 0. The minimum atomic E-state index is 1.16. The molecule has 0 heterocycles. The van der Waals surface area contributed by atoms with Crippen molar-refractivity contribution in [2.75, 3.05) is 6.26 Å². The Morgan fingerprint density at radius 2 is 1.12 bits per heavy atom. The molecule has 3 aromatic carbocycles. The highest BCUT2D eigenvalue weighted by Gasteiger charge is 2.12. The molecule has 0 bridgehead atoms. The van der Waals surface area contributed by atoms with Gasteiger partial charge in [-0.15, -0.1) is 11.8 Å². The molecular formula is C25H24S. The summed E-state index contributed by atoms with van der Waals surface area (Å²) in [6.45, 7) is 8.36. The molecule has 0 aliphatic carbocycles. The molecule has 0 amide bonds. The lowest BCUT2D eigenvalue weighted by atomic mass is 9.89. The number of rotatable bonds is 5. The molecule has 0 spiro atoms. The van der Waals surface area contributed by atoms with Crippen molar-refractivity contribution in [2.24, 2.45) is 0 Å². The summed E-state index contributed by atoms with van der Waals surface area (Å²) in [5.74, 6) is 0. The number of allylic oxidation sites excluding steroid dienone is 2. The van der Waals surface area contributed by atoms with Gasteiger partial charge in [0.25, 0.3) is 0 Å². The third-order valence-electron chi connectivity index (χ3n) is 4.55. The highest BCUT2D eigenvalue weighted by atomic mass is 32.2. The van der Waals surface area contributed by atoms with E-state index < -0.39 is 0 Å². The van der Waals surface area contributed by atoms with Gasteiger partial charge in [0.15, 0.2) is 0 Å². The maximum Gasteiger partial charge on any atom is 0.00695 e. The fourth-order valence-corrected chi connectivity index (χ4v) is 3.46. The molecule has 0 saturated heterocycles. The molecule has 0 atom stereocenters. The van der Waals surface area contributed by atoms with E-state index in [-0.39, 0.29) is 0 Å². The van der Waals surface area contributed by atoms with Crippen LogP contribution in [0.3, 0.4) is 0 Å². The van der Waals surface area contributed by atoms with Crippen molar-refractivity contribution in [1.82, 2.24) is 0 Å². The zero-order valence-electron chi connectivity index (χ0n) is 15.6. The van der Waals surface area contributed by atoms with Crippen LogP contribution in [0, 0.1) is 13.8 Å². The summed E-state index contributed by atoms with van der Waals surface area (Å²) in [5.41, 5.74) is 8.52. The molecule has 0 unspecified atom stereocenters. The average Bonchev–Trinajstić information content (AvgIpc) is 2.68. The largest absolute Gasteiger partial charge is 0.130 e. The maximum absolute atomic E-state index is 4.12. The molecule has 0 aromatic heterocycles. The first-order valence-electron chi connectivity index (χ1n) is 8.77. The van der Waals surface area contributed by atoms with Crippen LogP contribution in [0.2, 0.25) is 0 Å². The number of hydrogen-bond acceptors (Lipinski definition) is 1. The van der Waals surface area contributed by atoms with Crippen molar-refractivity contribution in [2.45, 2.75) is 18.7 Å². The van der Waals surface area contributed by atoms with Gasteiger partial charge in [0.05, 0.1) is 0 Å². The molecule has 1 heteroatoms. The van der Waals surface area contributed by atoms with Gasteiger partial charge in [0.1, 0.15) is 0 Å². The van der Waals surface area contributed by atoms with Crippen LogP contribution in [0.15, 0.2) is 90.3 Å². The quantitative estimate of drug-likeness (QED) is 0.265. The zero-order valence-corrected chi connectivity index (χ0v) is 16.4. The molecule has 0 saturated carbocycles. The third kappa shape index (κ3) is 4.00. The van der Waals surface area contributed by atoms with Crippen LogP contribution in [0.1, 0.15) is 27.8 Å². The molecule has 0 nitrogen and oxygen atoms in total. The lowest BCUT2D eigenvalue weighted by Crippen LogP contribution is -1.94. The van der Waals surface area contributed by atoms with Crippen LogP contribution < -0.4 is 0 Å². The van der Waals surface area contributed by atoms with E-state index in [9.17, 15) is 0 Å². The SMILES string of the molecule is C=CC(=C(c1ccc(C)cc1)c1ccc(C)cc1)c1ccc(SC)cc1. The minimum Gasteiger partial charge on any atom is -0.130 e. The smallest absolute Gasteiger partial charge is 0.00695 e. The normalized spacial score (nSPS) is 10.4. The Morgan fingerprint density at radius 1 is 0.692 bits per heavy atom. The van der Waals surface area contributed by atoms with Gasteiger partial charge >= 0.3 is 0 Å². The lowest BCUT2D eigenvalue weighted by molar-refractivity contribution is 1.42. The van der Waals surface area contributed by atoms with E-state index in [0.717, 1.165) is 5.57 Å². The summed E-state index contributed by atoms with van der Waals surface area (Å²) in [5, 5.41) is 0. The topological polar surface area (TPSA) is 0 Å². The standard InChI is InChI=1S/C25H24S/c1-5-24(20-14-16-23(26-4)17-15-20)25(21-10-6-18(2)7-11-21)22-12-8-19(3)9-13-22/h5-17H,1H2,2-4H3. The minimum absolute atomic E-state index is 1.16. The van der Waals surface area contributed by atoms with Gasteiger partial charge in [0, 0.05) is 4.90 Å². The molecule has 0 N–H and O–H groups in total. The van der Waals surface area contributed by atoms with Crippen LogP contribution in [-0.4, -0.2) is 6.26 Å². The second kappa shape index (κ2) is 8.25. The van der Waals surface area contributed by atoms with Gasteiger partial charge in [-0.2, -0.15) is 0 Å². The average molecular weight is 357 g/mol. The van der Waals surface area contributed by atoms with E-state index in [1.165, 1.54) is 38.3 Å². The fraction of sp³-hybridized carbons (Fsp3) is 0.120. The monoisotopic (exact) mass is 356 g/mol. The summed E-state index contributed by atoms with van der Waals surface area (Å²) in [4.78, 5) is 1.27. The van der Waals surface area contributed by atoms with Gasteiger partial charge in [-0.25, -0.2) is 0 Å². The van der Waals surface area contributed by atoms with E-state index in [1.807, 2.05) is 6.08 Å². The van der Waals surface area contributed by atoms with E-state index in [2.05, 4.69) is 99.5 Å². The summed E-state index contributed by atoms with van der Waals surface area (Å²) >= 11 is 1.76. The highest BCUT2D eigenvalue weighted by Crippen LogP contribution is 2.34. The molecule has 130 valence electrons. The van der Waals surface area contributed by atoms with Gasteiger partial charge in [-0.3, -0.25) is 0 Å². The Labute approximate surface area is 161 Å². The first-order valence-corrected chi connectivity index (χ1v) is 10.00. The molecule has 0 aliphatic rings. The number of thioether (sulfide) groups is 1. The van der Waals surface area contributed by atoms with E-state index in [0.29, 0.717) is 0 Å². The first kappa shape index (κ1) is 18.3. The fourth-order valence-electron chi connectivity index (χ4n) is 3.05. The Bertz CT molecular complexity index is 864. The predicted molar refractivity (Wildman–Crippen MR) is 117 cm³/mol. The predicted octanol–water partition coefficient (Wildman–Crippen LogP) is 7.17. The Hall–Kier alpha value is -2.51. The maximum atomic E-state index is 4.12. The Balaban J connectivity index is 2.24. The van der Waals surface area contributed by atoms with Crippen LogP contribution in [0.25, 0.3) is 11.1 Å². The summed E-state index contributed by atoms with van der Waals surface area (Å²) in [7, 11) is 0. The Morgan fingerprint density at radius 3 is 1.50 bits per heavy atom. The lowest BCUT2D eigenvalue weighted by Gasteiger charge is -2.15. The molecule has 0 fully saturated rings. The second-order valence-corrected chi connectivity index (χ2v) is 7.33. The van der Waals surface area contributed by atoms with Gasteiger partial charge in [-0.05, 0) is 60.1 Å². The molecule has 3 aromatic rings. The van der Waals surface area contributed by atoms with E-state index in [4.69, 9.17) is 0 Å². The van der Waals surface area contributed by atoms with Gasteiger partial charge in [-0.1, -0.05) is 84.4 Å². The van der Waals surface area contributed by atoms with Crippen molar-refractivity contribution >= 4 is 22.9 Å². The molecule has 3 rings (SSSR count). The van der Waals surface area contributed by atoms with Crippen molar-refractivity contribution in [3.05, 3.63) is 113 Å². The number of aryl methyl sites for hydroxylation is 2. The van der Waals surface area contributed by atoms with E-state index in [1.54, 1.807) is 11.8 Å². The Kier molecular flexibility index (Phi) is 5.80. The highest BCUT2D eigenvalue weighted by molar-refractivity contribution is 7.98. The van der Waals surface area contributed by atoms with Crippen molar-refractivity contribution in [3.63, 3.8) is 0 Å². The molecule has 0 aliphatic heterocycles. The first-order chi connectivity index (χ1) is 12.6. The summed E-state index contributed by atoms with van der Waals surface area (Å²) < 4.78 is 0. The van der Waals surface area contributed by atoms with Crippen LogP contribution in [-0.2, 0) is 0 Å². The summed E-state index contributed by atoms with van der Waals surface area (Å²) in [6, 6.07) is 26.2. The van der Waals surface area contributed by atoms with Crippen LogP contribution in [0.5, 0.6) is 0 Å². The molecule has 0 radical (unpaired) electrons. The zero-order chi connectivity index (χ0) is 18.5. The summed E-state index contributed by atoms with van der Waals surface area (Å²) in [6.07, 6.45) is 4.08. The van der Waals surface area contributed by atoms with Crippen molar-refractivity contribution in [3.8, 4) is 0 Å².